The predicted octanol–water partition coefficient (Wildman–Crippen LogP) is 4.28. The summed E-state index contributed by atoms with van der Waals surface area (Å²) in [6.45, 7) is 4.36. The standard InChI is InChI=1S/C19H24F3N3OS/c1-12(14-6-3-4-7-15(14)19(20,21)22)24-17-25-16(26)18(2,27-17)10-5-11-23-13-8-9-13/h3-4,6-7,12-13,23H,5,8-11H2,1-2H3,(H,24,25,26)/t12-,18?/m0/s1. The molecule has 0 spiro atoms. The first kappa shape index (κ1) is 20.2. The molecule has 3 rings (SSSR count). The second-order valence-corrected chi connectivity index (χ2v) is 8.83. The lowest BCUT2D eigenvalue weighted by Crippen LogP contribution is -2.30. The quantitative estimate of drug-likeness (QED) is 0.672. The monoisotopic (exact) mass is 399 g/mol. The summed E-state index contributed by atoms with van der Waals surface area (Å²) in [6.07, 6.45) is -0.436. The molecule has 1 unspecified atom stereocenters. The van der Waals surface area contributed by atoms with Crippen LogP contribution in [0, 0.1) is 0 Å². The highest BCUT2D eigenvalue weighted by molar-refractivity contribution is 8.16. The zero-order chi connectivity index (χ0) is 19.7. The SMILES string of the molecule is C[C@H](NC1=NC(=O)C(C)(CCCNC2CC2)S1)c1ccccc1C(F)(F)F. The number of carbonyl (C=O) groups is 1. The third-order valence-electron chi connectivity index (χ3n) is 4.89. The van der Waals surface area contributed by atoms with E-state index in [1.807, 2.05) is 6.92 Å². The molecule has 27 heavy (non-hydrogen) atoms. The Hall–Kier alpha value is -1.54. The van der Waals surface area contributed by atoms with Crippen molar-refractivity contribution in [1.29, 1.82) is 0 Å². The largest absolute Gasteiger partial charge is 0.416 e. The fourth-order valence-electron chi connectivity index (χ4n) is 3.13. The summed E-state index contributed by atoms with van der Waals surface area (Å²) < 4.78 is 39.0. The molecular formula is C19H24F3N3OS. The average Bonchev–Trinajstić information content (AvgIpc) is 3.37. The van der Waals surface area contributed by atoms with Crippen LogP contribution in [0.2, 0.25) is 0 Å². The fraction of sp³-hybridized carbons (Fsp3) is 0.579. The molecule has 1 amide bonds. The maximum Gasteiger partial charge on any atom is 0.416 e. The molecule has 1 aliphatic heterocycles. The Morgan fingerprint density at radius 1 is 1.33 bits per heavy atom. The van der Waals surface area contributed by atoms with Gasteiger partial charge in [-0.2, -0.15) is 18.2 Å². The fourth-order valence-corrected chi connectivity index (χ4v) is 4.30. The van der Waals surface area contributed by atoms with Gasteiger partial charge in [-0.05, 0) is 57.7 Å². The molecule has 4 nitrogen and oxygen atoms in total. The van der Waals surface area contributed by atoms with Crippen molar-refractivity contribution < 1.29 is 18.0 Å². The number of halogens is 3. The number of aliphatic imine (C=N–C) groups is 1. The van der Waals surface area contributed by atoms with Gasteiger partial charge in [0, 0.05) is 6.04 Å². The van der Waals surface area contributed by atoms with Crippen molar-refractivity contribution in [3.05, 3.63) is 35.4 Å². The van der Waals surface area contributed by atoms with Crippen molar-refractivity contribution in [2.24, 2.45) is 4.99 Å². The molecule has 148 valence electrons. The van der Waals surface area contributed by atoms with E-state index in [1.54, 1.807) is 13.0 Å². The number of carbonyl (C=O) groups excluding carboxylic acids is 1. The molecule has 1 heterocycles. The van der Waals surface area contributed by atoms with E-state index in [-0.39, 0.29) is 11.5 Å². The Bertz CT molecular complexity index is 733. The number of thioether (sulfide) groups is 1. The van der Waals surface area contributed by atoms with E-state index < -0.39 is 22.5 Å². The molecular weight excluding hydrogens is 375 g/mol. The van der Waals surface area contributed by atoms with Crippen molar-refractivity contribution in [3.63, 3.8) is 0 Å². The Morgan fingerprint density at radius 3 is 2.70 bits per heavy atom. The Kier molecular flexibility index (Phi) is 5.86. The van der Waals surface area contributed by atoms with Crippen LogP contribution in [0.1, 0.15) is 56.7 Å². The van der Waals surface area contributed by atoms with E-state index in [9.17, 15) is 18.0 Å². The van der Waals surface area contributed by atoms with E-state index >= 15 is 0 Å². The van der Waals surface area contributed by atoms with Crippen molar-refractivity contribution in [3.8, 4) is 0 Å². The zero-order valence-electron chi connectivity index (χ0n) is 15.4. The maximum absolute atomic E-state index is 13.2. The van der Waals surface area contributed by atoms with Crippen LogP contribution in [0.15, 0.2) is 29.3 Å². The number of nitrogens with one attached hydrogen (secondary N) is 2. The highest BCUT2D eigenvalue weighted by atomic mass is 32.2. The topological polar surface area (TPSA) is 53.5 Å². The van der Waals surface area contributed by atoms with Crippen LogP contribution >= 0.6 is 11.8 Å². The molecule has 0 bridgehead atoms. The second-order valence-electron chi connectivity index (χ2n) is 7.34. The summed E-state index contributed by atoms with van der Waals surface area (Å²) in [5.41, 5.74) is -0.531. The first-order valence-corrected chi connectivity index (χ1v) is 9.99. The molecule has 2 atom stereocenters. The minimum absolute atomic E-state index is 0.142. The van der Waals surface area contributed by atoms with Gasteiger partial charge in [0.15, 0.2) is 5.17 Å². The van der Waals surface area contributed by atoms with Crippen LogP contribution in [0.4, 0.5) is 13.2 Å². The molecule has 2 N–H and O–H groups in total. The van der Waals surface area contributed by atoms with Gasteiger partial charge in [-0.25, -0.2) is 0 Å². The summed E-state index contributed by atoms with van der Waals surface area (Å²) in [7, 11) is 0. The van der Waals surface area contributed by atoms with Gasteiger partial charge in [-0.3, -0.25) is 4.79 Å². The average molecular weight is 399 g/mol. The summed E-state index contributed by atoms with van der Waals surface area (Å²) in [5.74, 6) is -0.224. The number of nitrogens with zero attached hydrogens (tertiary/aromatic N) is 1. The number of benzene rings is 1. The van der Waals surface area contributed by atoms with Crippen molar-refractivity contribution in [2.45, 2.75) is 62.5 Å². The molecule has 1 aromatic carbocycles. The Balaban J connectivity index is 1.59. The Morgan fingerprint density at radius 2 is 2.04 bits per heavy atom. The van der Waals surface area contributed by atoms with Crippen molar-refractivity contribution in [2.75, 3.05) is 6.54 Å². The van der Waals surface area contributed by atoms with Crippen molar-refractivity contribution >= 4 is 22.8 Å². The van der Waals surface area contributed by atoms with Crippen LogP contribution in [-0.2, 0) is 11.0 Å². The van der Waals surface area contributed by atoms with Crippen LogP contribution in [0.3, 0.4) is 0 Å². The third kappa shape index (κ3) is 5.04. The number of hydrogen-bond donors (Lipinski definition) is 2. The maximum atomic E-state index is 13.2. The highest BCUT2D eigenvalue weighted by Crippen LogP contribution is 2.39. The first-order chi connectivity index (χ1) is 12.7. The molecule has 1 fully saturated rings. The van der Waals surface area contributed by atoms with Crippen LogP contribution in [0.5, 0.6) is 0 Å². The molecule has 1 aromatic rings. The van der Waals surface area contributed by atoms with Gasteiger partial charge in [0.1, 0.15) is 4.75 Å². The molecule has 0 saturated heterocycles. The molecule has 0 radical (unpaired) electrons. The Labute approximate surface area is 161 Å². The molecule has 1 saturated carbocycles. The van der Waals surface area contributed by atoms with Gasteiger partial charge in [0.05, 0.1) is 11.6 Å². The lowest BCUT2D eigenvalue weighted by Gasteiger charge is -2.22. The van der Waals surface area contributed by atoms with Crippen molar-refractivity contribution in [1.82, 2.24) is 10.6 Å². The summed E-state index contributed by atoms with van der Waals surface area (Å²) in [5, 5.41) is 6.80. The van der Waals surface area contributed by atoms with Gasteiger partial charge < -0.3 is 10.6 Å². The zero-order valence-corrected chi connectivity index (χ0v) is 16.2. The van der Waals surface area contributed by atoms with E-state index in [0.717, 1.165) is 19.0 Å². The molecule has 0 aromatic heterocycles. The van der Waals surface area contributed by atoms with Gasteiger partial charge in [-0.1, -0.05) is 30.0 Å². The smallest absolute Gasteiger partial charge is 0.358 e. The number of amidine groups is 1. The minimum atomic E-state index is -4.42. The van der Waals surface area contributed by atoms with E-state index in [1.165, 1.54) is 36.7 Å². The summed E-state index contributed by atoms with van der Waals surface area (Å²) in [4.78, 5) is 16.4. The highest BCUT2D eigenvalue weighted by Gasteiger charge is 2.41. The van der Waals surface area contributed by atoms with Crippen LogP contribution in [0.25, 0.3) is 0 Å². The number of rotatable bonds is 7. The van der Waals surface area contributed by atoms with Gasteiger partial charge >= 0.3 is 6.18 Å². The van der Waals surface area contributed by atoms with Crippen LogP contribution < -0.4 is 10.6 Å². The number of alkyl halides is 3. The van der Waals surface area contributed by atoms with Gasteiger partial charge in [0.2, 0.25) is 0 Å². The van der Waals surface area contributed by atoms with E-state index in [0.29, 0.717) is 17.6 Å². The lowest BCUT2D eigenvalue weighted by atomic mass is 10.0. The number of amides is 1. The number of hydrogen-bond acceptors (Lipinski definition) is 4. The second kappa shape index (κ2) is 7.83. The van der Waals surface area contributed by atoms with Gasteiger partial charge in [-0.15, -0.1) is 0 Å². The minimum Gasteiger partial charge on any atom is -0.358 e. The summed E-state index contributed by atoms with van der Waals surface area (Å²) >= 11 is 1.31. The van der Waals surface area contributed by atoms with E-state index in [2.05, 4.69) is 15.6 Å². The molecule has 1 aliphatic carbocycles. The molecule has 2 aliphatic rings. The van der Waals surface area contributed by atoms with Gasteiger partial charge in [0.25, 0.3) is 5.91 Å². The normalized spacial score (nSPS) is 24.0. The van der Waals surface area contributed by atoms with Crippen LogP contribution in [-0.4, -0.2) is 28.4 Å². The van der Waals surface area contributed by atoms with E-state index in [4.69, 9.17) is 0 Å². The predicted molar refractivity (Wildman–Crippen MR) is 102 cm³/mol. The summed E-state index contributed by atoms with van der Waals surface area (Å²) in [6, 6.07) is 5.49. The third-order valence-corrected chi connectivity index (χ3v) is 6.12. The lowest BCUT2D eigenvalue weighted by molar-refractivity contribution is -0.138. The molecule has 8 heteroatoms. The first-order valence-electron chi connectivity index (χ1n) is 9.17.